The Morgan fingerprint density at radius 1 is 1.39 bits per heavy atom. The monoisotopic (exact) mass is 435 g/mol. The topological polar surface area (TPSA) is 112 Å². The first-order valence-electron chi connectivity index (χ1n) is 9.79. The Bertz CT molecular complexity index is 1040. The van der Waals surface area contributed by atoms with Crippen LogP contribution >= 0.6 is 0 Å². The van der Waals surface area contributed by atoms with E-state index in [1.165, 1.54) is 13.8 Å². The number of alkyl halides is 2. The molecule has 1 aromatic heterocycles. The Balaban J connectivity index is 1.71. The Hall–Kier alpha value is -3.37. The van der Waals surface area contributed by atoms with Crippen LogP contribution in [0.1, 0.15) is 20.8 Å². The smallest absolute Gasteiger partial charge is 0.416 e. The van der Waals surface area contributed by atoms with Crippen molar-refractivity contribution in [2.24, 2.45) is 5.73 Å². The Labute approximate surface area is 177 Å². The van der Waals surface area contributed by atoms with Crippen molar-refractivity contribution in [2.75, 3.05) is 16.8 Å². The van der Waals surface area contributed by atoms with E-state index in [9.17, 15) is 18.4 Å². The van der Waals surface area contributed by atoms with Crippen LogP contribution in [-0.4, -0.2) is 52.3 Å². The van der Waals surface area contributed by atoms with E-state index in [1.807, 2.05) is 0 Å². The predicted octanol–water partition coefficient (Wildman–Crippen LogP) is 2.60. The molecule has 3 heterocycles. The van der Waals surface area contributed by atoms with Gasteiger partial charge in [-0.05, 0) is 32.9 Å². The van der Waals surface area contributed by atoms with Gasteiger partial charge in [-0.25, -0.2) is 23.5 Å². The maximum absolute atomic E-state index is 13.8. The highest BCUT2D eigenvalue weighted by molar-refractivity contribution is 5.91. The van der Waals surface area contributed by atoms with Crippen LogP contribution < -0.4 is 20.7 Å². The molecule has 9 nitrogen and oxygen atoms in total. The summed E-state index contributed by atoms with van der Waals surface area (Å²) in [7, 11) is 0. The Morgan fingerprint density at radius 3 is 2.81 bits per heavy atom. The van der Waals surface area contributed by atoms with Crippen LogP contribution in [0, 0.1) is 0 Å². The SMILES string of the molecule is C[C@H](Nc1ccc2c(c1)OCCn1cc(N3C(=O)OC(C)(C)[C@H]3C(F)F)nc1-2)C(N)=O. The molecule has 2 aliphatic heterocycles. The fourth-order valence-corrected chi connectivity index (χ4v) is 3.81. The molecule has 2 aliphatic rings. The van der Waals surface area contributed by atoms with Crippen molar-refractivity contribution >= 4 is 23.5 Å². The molecule has 4 rings (SSSR count). The number of primary amides is 1. The largest absolute Gasteiger partial charge is 0.491 e. The van der Waals surface area contributed by atoms with Crippen LogP contribution in [0.25, 0.3) is 11.4 Å². The second-order valence-electron chi connectivity index (χ2n) is 8.06. The normalized spacial score (nSPS) is 20.4. The number of nitrogens with one attached hydrogen (secondary N) is 1. The minimum absolute atomic E-state index is 0.0910. The van der Waals surface area contributed by atoms with Crippen LogP contribution in [0.2, 0.25) is 0 Å². The fraction of sp³-hybridized carbons (Fsp3) is 0.450. The van der Waals surface area contributed by atoms with Gasteiger partial charge in [0.25, 0.3) is 6.43 Å². The number of aromatic nitrogens is 2. The molecule has 1 saturated heterocycles. The van der Waals surface area contributed by atoms with Gasteiger partial charge in [0.2, 0.25) is 5.91 Å². The standard InChI is InChI=1S/C20H23F2N5O4/c1-10(17(23)28)24-11-4-5-12-13(8-11)30-7-6-26-9-14(25-18(12)26)27-15(16(21)22)20(2,3)31-19(27)29/h4-5,8-10,15-16,24H,6-7H2,1-3H3,(H2,23,28)/t10-,15+/m0/s1. The van der Waals surface area contributed by atoms with E-state index in [0.29, 0.717) is 36.0 Å². The molecule has 0 saturated carbocycles. The van der Waals surface area contributed by atoms with Crippen LogP contribution in [-0.2, 0) is 16.1 Å². The van der Waals surface area contributed by atoms with Crippen molar-refractivity contribution in [3.05, 3.63) is 24.4 Å². The first-order chi connectivity index (χ1) is 14.6. The number of cyclic esters (lactones) is 1. The summed E-state index contributed by atoms with van der Waals surface area (Å²) in [6.45, 7) is 5.26. The maximum Gasteiger partial charge on any atom is 0.416 e. The number of anilines is 2. The average Bonchev–Trinajstić information content (AvgIpc) is 3.13. The second kappa shape index (κ2) is 7.40. The number of carbonyl (C=O) groups excluding carboxylic acids is 2. The summed E-state index contributed by atoms with van der Waals surface area (Å²) >= 11 is 0. The fourth-order valence-electron chi connectivity index (χ4n) is 3.81. The van der Waals surface area contributed by atoms with Gasteiger partial charge >= 0.3 is 6.09 Å². The summed E-state index contributed by atoms with van der Waals surface area (Å²) in [5.41, 5.74) is 5.20. The van der Waals surface area contributed by atoms with Crippen LogP contribution in [0.4, 0.5) is 25.1 Å². The molecule has 0 bridgehead atoms. The van der Waals surface area contributed by atoms with Crippen LogP contribution in [0.3, 0.4) is 0 Å². The summed E-state index contributed by atoms with van der Waals surface area (Å²) in [4.78, 5) is 29.1. The van der Waals surface area contributed by atoms with E-state index in [2.05, 4.69) is 10.3 Å². The number of ether oxygens (including phenoxy) is 2. The molecule has 0 spiro atoms. The molecular formula is C20H23F2N5O4. The number of nitrogens with zero attached hydrogens (tertiary/aromatic N) is 3. The zero-order valence-corrected chi connectivity index (χ0v) is 17.3. The molecule has 0 radical (unpaired) electrons. The number of nitrogens with two attached hydrogens (primary N) is 1. The quantitative estimate of drug-likeness (QED) is 0.747. The van der Waals surface area contributed by atoms with Gasteiger partial charge < -0.3 is 25.1 Å². The number of rotatable bonds is 5. The van der Waals surface area contributed by atoms with Gasteiger partial charge in [0.05, 0.1) is 12.1 Å². The van der Waals surface area contributed by atoms with Crippen molar-refractivity contribution in [3.8, 4) is 17.1 Å². The van der Waals surface area contributed by atoms with Crippen LogP contribution in [0.15, 0.2) is 24.4 Å². The van der Waals surface area contributed by atoms with Gasteiger partial charge in [0.1, 0.15) is 35.9 Å². The Kier molecular flexibility index (Phi) is 4.98. The lowest BCUT2D eigenvalue weighted by atomic mass is 9.99. The molecule has 0 unspecified atom stereocenters. The van der Waals surface area contributed by atoms with E-state index in [1.54, 1.807) is 35.9 Å². The number of benzene rings is 1. The van der Waals surface area contributed by atoms with Crippen molar-refractivity contribution < 1.29 is 27.8 Å². The van der Waals surface area contributed by atoms with Crippen molar-refractivity contribution in [1.82, 2.24) is 9.55 Å². The molecule has 2 aromatic rings. The summed E-state index contributed by atoms with van der Waals surface area (Å²) in [6, 6.07) is 3.16. The maximum atomic E-state index is 13.8. The van der Waals surface area contributed by atoms with Gasteiger partial charge in [-0.1, -0.05) is 0 Å². The molecule has 11 heteroatoms. The number of carbonyl (C=O) groups is 2. The molecule has 166 valence electrons. The minimum Gasteiger partial charge on any atom is -0.491 e. The van der Waals surface area contributed by atoms with E-state index >= 15 is 0 Å². The van der Waals surface area contributed by atoms with Gasteiger partial charge in [0, 0.05) is 18.0 Å². The number of amides is 2. The van der Waals surface area contributed by atoms with E-state index < -0.39 is 36.1 Å². The van der Waals surface area contributed by atoms with E-state index in [0.717, 1.165) is 4.90 Å². The lowest BCUT2D eigenvalue weighted by molar-refractivity contribution is -0.118. The lowest BCUT2D eigenvalue weighted by Crippen LogP contribution is -2.47. The molecule has 2 amide bonds. The molecule has 1 aromatic carbocycles. The highest BCUT2D eigenvalue weighted by Gasteiger charge is 2.54. The zero-order chi connectivity index (χ0) is 22.5. The van der Waals surface area contributed by atoms with E-state index in [-0.39, 0.29) is 5.82 Å². The zero-order valence-electron chi connectivity index (χ0n) is 17.3. The van der Waals surface area contributed by atoms with Gasteiger partial charge in [-0.15, -0.1) is 0 Å². The molecule has 3 N–H and O–H groups in total. The molecule has 0 aliphatic carbocycles. The number of imidazole rings is 1. The third-order valence-electron chi connectivity index (χ3n) is 5.41. The summed E-state index contributed by atoms with van der Waals surface area (Å²) in [5.74, 6) is 0.577. The summed E-state index contributed by atoms with van der Waals surface area (Å²) in [6.07, 6.45) is -2.12. The highest BCUT2D eigenvalue weighted by Crippen LogP contribution is 2.40. The first-order valence-corrected chi connectivity index (χ1v) is 9.79. The lowest BCUT2D eigenvalue weighted by Gasteiger charge is -2.26. The highest BCUT2D eigenvalue weighted by atomic mass is 19.3. The molecule has 2 atom stereocenters. The molecule has 31 heavy (non-hydrogen) atoms. The number of hydrogen-bond donors (Lipinski definition) is 2. The number of halogens is 2. The number of fused-ring (bicyclic) bond motifs is 3. The third-order valence-corrected chi connectivity index (χ3v) is 5.41. The Morgan fingerprint density at radius 2 is 2.13 bits per heavy atom. The van der Waals surface area contributed by atoms with E-state index in [4.69, 9.17) is 15.2 Å². The summed E-state index contributed by atoms with van der Waals surface area (Å²) in [5, 5.41) is 2.98. The molecule has 1 fully saturated rings. The van der Waals surface area contributed by atoms with Gasteiger partial charge in [0.15, 0.2) is 5.82 Å². The number of hydrogen-bond acceptors (Lipinski definition) is 6. The van der Waals surface area contributed by atoms with Gasteiger partial charge in [-0.2, -0.15) is 0 Å². The summed E-state index contributed by atoms with van der Waals surface area (Å²) < 4.78 is 40.3. The predicted molar refractivity (Wildman–Crippen MR) is 108 cm³/mol. The van der Waals surface area contributed by atoms with Crippen molar-refractivity contribution in [1.29, 1.82) is 0 Å². The van der Waals surface area contributed by atoms with Crippen molar-refractivity contribution in [2.45, 2.75) is 51.4 Å². The average molecular weight is 435 g/mol. The minimum atomic E-state index is -2.81. The van der Waals surface area contributed by atoms with Gasteiger partial charge in [-0.3, -0.25) is 4.79 Å². The first kappa shape index (κ1) is 20.9. The molecular weight excluding hydrogens is 412 g/mol. The second-order valence-corrected chi connectivity index (χ2v) is 8.06. The van der Waals surface area contributed by atoms with Crippen LogP contribution in [0.5, 0.6) is 5.75 Å². The third kappa shape index (κ3) is 3.64. The van der Waals surface area contributed by atoms with Crippen molar-refractivity contribution in [3.63, 3.8) is 0 Å².